The molecule has 1 saturated carbocycles. The fourth-order valence-electron chi connectivity index (χ4n) is 0.798. The van der Waals surface area contributed by atoms with Gasteiger partial charge in [0.2, 0.25) is 0 Å². The van der Waals surface area contributed by atoms with Crippen molar-refractivity contribution in [2.24, 2.45) is 5.41 Å². The molecular weight excluding hydrogens is 136 g/mol. The molecule has 0 atom stereocenters. The first-order valence-corrected chi connectivity index (χ1v) is 3.34. The molecule has 9 heavy (non-hydrogen) atoms. The molecule has 0 amide bonds. The summed E-state index contributed by atoms with van der Waals surface area (Å²) in [5.74, 6) is -0.742. The fourth-order valence-corrected chi connectivity index (χ4v) is 1.12. The second-order valence-electron chi connectivity index (χ2n) is 2.55. The van der Waals surface area contributed by atoms with Crippen molar-refractivity contribution in [2.75, 3.05) is 0 Å². The van der Waals surface area contributed by atoms with E-state index in [2.05, 4.69) is 12.2 Å². The molecule has 1 aliphatic rings. The Labute approximate surface area is 58.9 Å². The standard InChI is InChI=1S/C6H8O2S/c7-5(8)3-6(4-9)1-2-6/h4H,1-3H2,(H,7,8). The van der Waals surface area contributed by atoms with Crippen molar-refractivity contribution in [2.45, 2.75) is 19.3 Å². The molecule has 0 unspecified atom stereocenters. The van der Waals surface area contributed by atoms with E-state index in [-0.39, 0.29) is 11.8 Å². The molecule has 2 nitrogen and oxygen atoms in total. The molecule has 1 fully saturated rings. The van der Waals surface area contributed by atoms with Gasteiger partial charge in [-0.15, -0.1) is 0 Å². The summed E-state index contributed by atoms with van der Waals surface area (Å²) >= 11 is 4.68. The number of hydrogen-bond donors (Lipinski definition) is 1. The highest BCUT2D eigenvalue weighted by Crippen LogP contribution is 2.46. The first kappa shape index (κ1) is 6.68. The van der Waals surface area contributed by atoms with Crippen LogP contribution >= 0.6 is 12.2 Å². The minimum absolute atomic E-state index is 0.0961. The summed E-state index contributed by atoms with van der Waals surface area (Å²) in [7, 11) is 0. The van der Waals surface area contributed by atoms with Gasteiger partial charge in [0.05, 0.1) is 6.42 Å². The number of carboxylic acids is 1. The van der Waals surface area contributed by atoms with E-state index in [1.54, 1.807) is 5.37 Å². The summed E-state index contributed by atoms with van der Waals surface area (Å²) in [4.78, 5) is 10.1. The van der Waals surface area contributed by atoms with Crippen LogP contribution in [0.5, 0.6) is 0 Å². The molecule has 0 aliphatic heterocycles. The first-order chi connectivity index (χ1) is 4.18. The maximum Gasteiger partial charge on any atom is 0.304 e. The van der Waals surface area contributed by atoms with Crippen molar-refractivity contribution in [1.29, 1.82) is 0 Å². The quantitative estimate of drug-likeness (QED) is 0.605. The van der Waals surface area contributed by atoms with Gasteiger partial charge in [0.15, 0.2) is 0 Å². The molecule has 50 valence electrons. The van der Waals surface area contributed by atoms with Gasteiger partial charge in [-0.1, -0.05) is 12.2 Å². The number of carbonyl (C=O) groups is 1. The summed E-state index contributed by atoms with van der Waals surface area (Å²) in [6, 6.07) is 0. The molecule has 0 saturated heterocycles. The smallest absolute Gasteiger partial charge is 0.304 e. The van der Waals surface area contributed by atoms with Crippen LogP contribution in [0.25, 0.3) is 0 Å². The van der Waals surface area contributed by atoms with Crippen LogP contribution in [-0.2, 0) is 4.79 Å². The number of aliphatic carboxylic acids is 1. The highest BCUT2D eigenvalue weighted by atomic mass is 32.1. The van der Waals surface area contributed by atoms with E-state index in [0.29, 0.717) is 0 Å². The average Bonchev–Trinajstić information content (AvgIpc) is 2.48. The van der Waals surface area contributed by atoms with Crippen LogP contribution in [-0.4, -0.2) is 16.4 Å². The Morgan fingerprint density at radius 2 is 2.33 bits per heavy atom. The van der Waals surface area contributed by atoms with Crippen molar-refractivity contribution in [3.63, 3.8) is 0 Å². The predicted molar refractivity (Wildman–Crippen MR) is 37.6 cm³/mol. The third-order valence-corrected chi connectivity index (χ3v) is 2.15. The van der Waals surface area contributed by atoms with E-state index in [9.17, 15) is 4.79 Å². The molecule has 1 aliphatic carbocycles. The molecule has 0 heterocycles. The summed E-state index contributed by atoms with van der Waals surface area (Å²) < 4.78 is 0. The van der Waals surface area contributed by atoms with E-state index in [4.69, 9.17) is 5.11 Å². The number of thiocarbonyl (C=S) groups is 1. The van der Waals surface area contributed by atoms with Gasteiger partial charge in [-0.05, 0) is 18.2 Å². The van der Waals surface area contributed by atoms with E-state index < -0.39 is 5.97 Å². The van der Waals surface area contributed by atoms with Gasteiger partial charge in [0.1, 0.15) is 0 Å². The molecule has 0 aromatic carbocycles. The predicted octanol–water partition coefficient (Wildman–Crippen LogP) is 1.24. The van der Waals surface area contributed by atoms with Crippen molar-refractivity contribution in [3.05, 3.63) is 0 Å². The molecule has 1 rings (SSSR count). The monoisotopic (exact) mass is 144 g/mol. The van der Waals surface area contributed by atoms with Crippen molar-refractivity contribution in [1.82, 2.24) is 0 Å². The largest absolute Gasteiger partial charge is 0.481 e. The zero-order valence-corrected chi connectivity index (χ0v) is 5.78. The summed E-state index contributed by atoms with van der Waals surface area (Å²) in [5, 5.41) is 9.95. The van der Waals surface area contributed by atoms with Crippen molar-refractivity contribution in [3.8, 4) is 0 Å². The minimum Gasteiger partial charge on any atom is -0.481 e. The Bertz CT molecular complexity index is 149. The van der Waals surface area contributed by atoms with Crippen LogP contribution in [0.15, 0.2) is 0 Å². The normalized spacial score (nSPS) is 20.9. The molecule has 0 aromatic rings. The highest BCUT2D eigenvalue weighted by molar-refractivity contribution is 7.79. The van der Waals surface area contributed by atoms with Gasteiger partial charge in [0.25, 0.3) is 0 Å². The molecule has 1 N–H and O–H groups in total. The second-order valence-corrected chi connectivity index (χ2v) is 2.79. The average molecular weight is 144 g/mol. The second kappa shape index (κ2) is 2.06. The lowest BCUT2D eigenvalue weighted by Crippen LogP contribution is -2.07. The van der Waals surface area contributed by atoms with Gasteiger partial charge in [0, 0.05) is 5.41 Å². The Balaban J connectivity index is 2.42. The topological polar surface area (TPSA) is 37.3 Å². The molecule has 3 heteroatoms. The van der Waals surface area contributed by atoms with E-state index in [1.165, 1.54) is 0 Å². The Morgan fingerprint density at radius 1 is 1.78 bits per heavy atom. The van der Waals surface area contributed by atoms with Gasteiger partial charge in [-0.25, -0.2) is 0 Å². The summed E-state index contributed by atoms with van der Waals surface area (Å²) in [6.07, 6.45) is 2.14. The van der Waals surface area contributed by atoms with E-state index in [1.807, 2.05) is 0 Å². The first-order valence-electron chi connectivity index (χ1n) is 2.87. The summed E-state index contributed by atoms with van der Waals surface area (Å²) in [6.45, 7) is 0. The number of rotatable bonds is 3. The SMILES string of the molecule is O=C(O)CC1(C=S)CC1. The van der Waals surface area contributed by atoms with E-state index >= 15 is 0 Å². The minimum atomic E-state index is -0.742. The van der Waals surface area contributed by atoms with Crippen molar-refractivity contribution < 1.29 is 9.90 Å². The van der Waals surface area contributed by atoms with Crippen LogP contribution in [0.3, 0.4) is 0 Å². The lowest BCUT2D eigenvalue weighted by molar-refractivity contribution is -0.137. The van der Waals surface area contributed by atoms with Crippen LogP contribution in [0.1, 0.15) is 19.3 Å². The van der Waals surface area contributed by atoms with Gasteiger partial charge in [-0.3, -0.25) is 4.79 Å². The van der Waals surface area contributed by atoms with Gasteiger partial charge in [-0.2, -0.15) is 0 Å². The molecule has 0 aromatic heterocycles. The Morgan fingerprint density at radius 3 is 2.44 bits per heavy atom. The van der Waals surface area contributed by atoms with Crippen LogP contribution in [0, 0.1) is 5.41 Å². The Hall–Kier alpha value is -0.440. The Kier molecular flexibility index (Phi) is 1.53. The third kappa shape index (κ3) is 1.48. The maximum absolute atomic E-state index is 10.1. The molecule has 0 bridgehead atoms. The molecular formula is C6H8O2S. The van der Waals surface area contributed by atoms with Crippen molar-refractivity contribution >= 4 is 23.6 Å². The fraction of sp³-hybridized carbons (Fsp3) is 0.667. The van der Waals surface area contributed by atoms with Gasteiger partial charge < -0.3 is 5.11 Å². The zero-order chi connectivity index (χ0) is 6.91. The number of carboxylic acid groups (broad SMARTS) is 1. The molecule has 0 spiro atoms. The molecule has 0 radical (unpaired) electrons. The van der Waals surface area contributed by atoms with Crippen LogP contribution in [0.4, 0.5) is 0 Å². The van der Waals surface area contributed by atoms with Crippen LogP contribution < -0.4 is 0 Å². The van der Waals surface area contributed by atoms with Gasteiger partial charge >= 0.3 is 5.97 Å². The lowest BCUT2D eigenvalue weighted by atomic mass is 10.1. The lowest BCUT2D eigenvalue weighted by Gasteiger charge is -2.00. The highest BCUT2D eigenvalue weighted by Gasteiger charge is 2.42. The third-order valence-electron chi connectivity index (χ3n) is 1.65. The zero-order valence-electron chi connectivity index (χ0n) is 4.96. The van der Waals surface area contributed by atoms with Crippen LogP contribution in [0.2, 0.25) is 0 Å². The maximum atomic E-state index is 10.1. The summed E-state index contributed by atoms with van der Waals surface area (Å²) in [5.41, 5.74) is -0.0961. The van der Waals surface area contributed by atoms with E-state index in [0.717, 1.165) is 12.8 Å². The number of hydrogen-bond acceptors (Lipinski definition) is 2.